The van der Waals surface area contributed by atoms with Gasteiger partial charge in [-0.3, -0.25) is 4.79 Å². The van der Waals surface area contributed by atoms with Gasteiger partial charge in [-0.1, -0.05) is 5.21 Å². The largest absolute Gasteiger partial charge is 0.486 e. The van der Waals surface area contributed by atoms with Crippen LogP contribution in [0.25, 0.3) is 5.69 Å². The fourth-order valence-corrected chi connectivity index (χ4v) is 3.28. The van der Waals surface area contributed by atoms with E-state index in [0.717, 1.165) is 18.5 Å². The number of carbonyl (C=O) groups excluding carboxylic acids is 1. The first-order valence-electron chi connectivity index (χ1n) is 8.50. The van der Waals surface area contributed by atoms with Crippen molar-refractivity contribution in [1.82, 2.24) is 19.9 Å². The molecular weight excluding hydrogens is 358 g/mol. The summed E-state index contributed by atoms with van der Waals surface area (Å²) in [5.41, 5.74) is 7.82. The standard InChI is InChI=1S/C17H21N5O3.ClH/c1-11-16(17(23)21-6-2-3-12(18)10-21)19-20-22(11)13-4-5-14-15(9-13)25-8-7-24-14;/h4-5,9,12H,2-3,6-8,10,18H2,1H3;1H. The second-order valence-electron chi connectivity index (χ2n) is 6.42. The van der Waals surface area contributed by atoms with Gasteiger partial charge >= 0.3 is 0 Å². The van der Waals surface area contributed by atoms with Crippen molar-refractivity contribution in [2.45, 2.75) is 25.8 Å². The van der Waals surface area contributed by atoms with Crippen LogP contribution >= 0.6 is 12.4 Å². The van der Waals surface area contributed by atoms with Crippen molar-refractivity contribution in [2.75, 3.05) is 26.3 Å². The predicted molar refractivity (Wildman–Crippen MR) is 97.4 cm³/mol. The lowest BCUT2D eigenvalue weighted by atomic mass is 10.1. The molecule has 8 nitrogen and oxygen atoms in total. The minimum absolute atomic E-state index is 0. The average Bonchev–Trinajstić information content (AvgIpc) is 3.02. The Kier molecular flexibility index (Phi) is 5.33. The van der Waals surface area contributed by atoms with Crippen LogP contribution in [0.15, 0.2) is 18.2 Å². The molecule has 0 radical (unpaired) electrons. The Morgan fingerprint density at radius 2 is 2.04 bits per heavy atom. The van der Waals surface area contributed by atoms with Crippen molar-refractivity contribution in [2.24, 2.45) is 5.73 Å². The Morgan fingerprint density at radius 3 is 2.81 bits per heavy atom. The molecule has 0 aliphatic carbocycles. The second-order valence-corrected chi connectivity index (χ2v) is 6.42. The summed E-state index contributed by atoms with van der Waals surface area (Å²) >= 11 is 0. The molecule has 1 atom stereocenters. The first-order chi connectivity index (χ1) is 12.1. The maximum atomic E-state index is 12.8. The van der Waals surface area contributed by atoms with Gasteiger partial charge in [0.15, 0.2) is 17.2 Å². The first kappa shape index (κ1) is 18.5. The van der Waals surface area contributed by atoms with Crippen molar-refractivity contribution in [3.05, 3.63) is 29.6 Å². The zero-order chi connectivity index (χ0) is 17.4. The van der Waals surface area contributed by atoms with E-state index in [1.54, 1.807) is 9.58 Å². The molecule has 1 saturated heterocycles. The maximum absolute atomic E-state index is 12.8. The van der Waals surface area contributed by atoms with E-state index in [9.17, 15) is 4.79 Å². The SMILES string of the molecule is Cc1c(C(=O)N2CCCC(N)C2)nnn1-c1ccc2c(c1)OCCO2.Cl. The van der Waals surface area contributed by atoms with Crippen LogP contribution in [0.4, 0.5) is 0 Å². The lowest BCUT2D eigenvalue weighted by molar-refractivity contribution is 0.0702. The van der Waals surface area contributed by atoms with Gasteiger partial charge < -0.3 is 20.1 Å². The predicted octanol–water partition coefficient (Wildman–Crippen LogP) is 1.33. The number of rotatable bonds is 2. The van der Waals surface area contributed by atoms with Gasteiger partial charge in [-0.2, -0.15) is 0 Å². The van der Waals surface area contributed by atoms with Crippen molar-refractivity contribution >= 4 is 18.3 Å². The number of nitrogens with zero attached hydrogens (tertiary/aromatic N) is 4. The van der Waals surface area contributed by atoms with Crippen LogP contribution < -0.4 is 15.2 Å². The summed E-state index contributed by atoms with van der Waals surface area (Å²) in [6.07, 6.45) is 1.87. The Morgan fingerprint density at radius 1 is 1.27 bits per heavy atom. The van der Waals surface area contributed by atoms with Gasteiger partial charge in [0, 0.05) is 25.2 Å². The first-order valence-corrected chi connectivity index (χ1v) is 8.50. The molecule has 1 amide bonds. The lowest BCUT2D eigenvalue weighted by Crippen LogP contribution is -2.46. The summed E-state index contributed by atoms with van der Waals surface area (Å²) in [6.45, 7) is 4.18. The molecule has 2 aliphatic rings. The van der Waals surface area contributed by atoms with Crippen LogP contribution in [0.5, 0.6) is 11.5 Å². The van der Waals surface area contributed by atoms with Crippen molar-refractivity contribution in [1.29, 1.82) is 0 Å². The number of hydrogen-bond donors (Lipinski definition) is 1. The molecule has 4 rings (SSSR count). The summed E-state index contributed by atoms with van der Waals surface area (Å²) in [6, 6.07) is 5.60. The molecule has 0 bridgehead atoms. The van der Waals surface area contributed by atoms with E-state index in [0.29, 0.717) is 49.2 Å². The Hall–Kier alpha value is -2.32. The molecule has 2 aliphatic heterocycles. The quantitative estimate of drug-likeness (QED) is 0.845. The van der Waals surface area contributed by atoms with Crippen LogP contribution in [-0.2, 0) is 0 Å². The van der Waals surface area contributed by atoms with Crippen molar-refractivity contribution < 1.29 is 14.3 Å². The minimum Gasteiger partial charge on any atom is -0.486 e. The Bertz CT molecular complexity index is 810. The number of carbonyl (C=O) groups is 1. The van der Waals surface area contributed by atoms with Crippen molar-refractivity contribution in [3.63, 3.8) is 0 Å². The molecule has 0 spiro atoms. The number of benzene rings is 1. The van der Waals surface area contributed by atoms with Crippen LogP contribution in [0.1, 0.15) is 29.0 Å². The molecule has 0 saturated carbocycles. The lowest BCUT2D eigenvalue weighted by Gasteiger charge is -2.30. The van der Waals surface area contributed by atoms with E-state index >= 15 is 0 Å². The molecule has 1 fully saturated rings. The number of aromatic nitrogens is 3. The van der Waals surface area contributed by atoms with Gasteiger partial charge in [0.05, 0.1) is 11.4 Å². The van der Waals surface area contributed by atoms with Gasteiger partial charge in [-0.25, -0.2) is 4.68 Å². The number of hydrogen-bond acceptors (Lipinski definition) is 6. The van der Waals surface area contributed by atoms with Gasteiger partial charge in [-0.15, -0.1) is 17.5 Å². The topological polar surface area (TPSA) is 95.5 Å². The molecule has 2 aromatic rings. The van der Waals surface area contributed by atoms with Crippen LogP contribution in [0.3, 0.4) is 0 Å². The molecule has 1 unspecified atom stereocenters. The number of fused-ring (bicyclic) bond motifs is 1. The summed E-state index contributed by atoms with van der Waals surface area (Å²) in [5, 5.41) is 8.27. The zero-order valence-electron chi connectivity index (χ0n) is 14.6. The van der Waals surface area contributed by atoms with Crippen LogP contribution in [0, 0.1) is 6.92 Å². The molecule has 9 heteroatoms. The van der Waals surface area contributed by atoms with E-state index in [2.05, 4.69) is 10.3 Å². The van der Waals surface area contributed by atoms with Gasteiger partial charge in [0.25, 0.3) is 5.91 Å². The fraction of sp³-hybridized carbons (Fsp3) is 0.471. The van der Waals surface area contributed by atoms with E-state index in [-0.39, 0.29) is 24.4 Å². The Balaban J connectivity index is 0.00000196. The fourth-order valence-electron chi connectivity index (χ4n) is 3.28. The number of piperidine rings is 1. The van der Waals surface area contributed by atoms with Crippen LogP contribution in [0.2, 0.25) is 0 Å². The van der Waals surface area contributed by atoms with E-state index < -0.39 is 0 Å². The summed E-state index contributed by atoms with van der Waals surface area (Å²) in [7, 11) is 0. The zero-order valence-corrected chi connectivity index (χ0v) is 15.4. The molecule has 2 N–H and O–H groups in total. The third-order valence-corrected chi connectivity index (χ3v) is 4.61. The number of amides is 1. The molecule has 26 heavy (non-hydrogen) atoms. The highest BCUT2D eigenvalue weighted by atomic mass is 35.5. The number of halogens is 1. The van der Waals surface area contributed by atoms with Gasteiger partial charge in [0.2, 0.25) is 0 Å². The van der Waals surface area contributed by atoms with Gasteiger partial charge in [0.1, 0.15) is 13.2 Å². The average molecular weight is 380 g/mol. The van der Waals surface area contributed by atoms with Crippen LogP contribution in [-0.4, -0.2) is 58.1 Å². The van der Waals surface area contributed by atoms with E-state index in [1.807, 2.05) is 25.1 Å². The highest BCUT2D eigenvalue weighted by Gasteiger charge is 2.27. The van der Waals surface area contributed by atoms with Crippen molar-refractivity contribution in [3.8, 4) is 17.2 Å². The minimum atomic E-state index is -0.114. The maximum Gasteiger partial charge on any atom is 0.276 e. The number of nitrogens with two attached hydrogens (primary N) is 1. The molecular formula is C17H22ClN5O3. The molecule has 3 heterocycles. The normalized spacial score (nSPS) is 19.0. The third-order valence-electron chi connectivity index (χ3n) is 4.61. The third kappa shape index (κ3) is 3.34. The summed E-state index contributed by atoms with van der Waals surface area (Å²) < 4.78 is 12.8. The summed E-state index contributed by atoms with van der Waals surface area (Å²) in [5.74, 6) is 1.27. The number of likely N-dealkylation sites (tertiary alicyclic amines) is 1. The van der Waals surface area contributed by atoms with Gasteiger partial charge in [-0.05, 0) is 31.9 Å². The monoisotopic (exact) mass is 379 g/mol. The second kappa shape index (κ2) is 7.51. The van der Waals surface area contributed by atoms with E-state index in [1.165, 1.54) is 0 Å². The number of ether oxygens (including phenoxy) is 2. The molecule has 1 aromatic heterocycles. The highest BCUT2D eigenvalue weighted by molar-refractivity contribution is 5.93. The molecule has 1 aromatic carbocycles. The molecule has 140 valence electrons. The highest BCUT2D eigenvalue weighted by Crippen LogP contribution is 2.32. The smallest absolute Gasteiger partial charge is 0.276 e. The van der Waals surface area contributed by atoms with E-state index in [4.69, 9.17) is 15.2 Å². The Labute approximate surface area is 157 Å². The summed E-state index contributed by atoms with van der Waals surface area (Å²) in [4.78, 5) is 14.5.